The van der Waals surface area contributed by atoms with Gasteiger partial charge in [0.2, 0.25) is 5.13 Å². The van der Waals surface area contributed by atoms with Crippen molar-refractivity contribution in [2.24, 2.45) is 5.41 Å². The van der Waals surface area contributed by atoms with Gasteiger partial charge in [-0.15, -0.1) is 0 Å². The molecule has 128 valence electrons. The Labute approximate surface area is 142 Å². The Bertz CT molecular complexity index is 540. The van der Waals surface area contributed by atoms with Crippen LogP contribution in [0, 0.1) is 12.3 Å². The van der Waals surface area contributed by atoms with Crippen molar-refractivity contribution in [1.29, 1.82) is 0 Å². The predicted octanol–water partition coefficient (Wildman–Crippen LogP) is 2.65. The van der Waals surface area contributed by atoms with Gasteiger partial charge in [-0.2, -0.15) is 4.37 Å². The first-order valence-corrected chi connectivity index (χ1v) is 9.41. The largest absolute Gasteiger partial charge is 0.345 e. The summed E-state index contributed by atoms with van der Waals surface area (Å²) in [6.45, 7) is 8.36. The number of hydrogen-bond donors (Lipinski definition) is 1. The third-order valence-electron chi connectivity index (χ3n) is 5.05. The van der Waals surface area contributed by atoms with Crippen LogP contribution in [-0.4, -0.2) is 53.0 Å². The van der Waals surface area contributed by atoms with Crippen LogP contribution in [0.5, 0.6) is 0 Å². The van der Waals surface area contributed by atoms with Crippen LogP contribution >= 0.6 is 11.5 Å². The highest BCUT2D eigenvalue weighted by molar-refractivity contribution is 7.09. The molecule has 2 fully saturated rings. The predicted molar refractivity (Wildman–Crippen MR) is 93.0 cm³/mol. The number of nitrogens with one attached hydrogen (secondary N) is 1. The number of nitrogens with zero attached hydrogens (tertiary/aromatic N) is 4. The van der Waals surface area contributed by atoms with Crippen LogP contribution < -0.4 is 10.2 Å². The summed E-state index contributed by atoms with van der Waals surface area (Å²) in [5.74, 6) is 0.827. The zero-order chi connectivity index (χ0) is 16.3. The maximum atomic E-state index is 12.5. The summed E-state index contributed by atoms with van der Waals surface area (Å²) >= 11 is 1.45. The van der Waals surface area contributed by atoms with Gasteiger partial charge in [0, 0.05) is 44.3 Å². The highest BCUT2D eigenvalue weighted by Crippen LogP contribution is 2.36. The summed E-state index contributed by atoms with van der Waals surface area (Å²) < 4.78 is 4.25. The van der Waals surface area contributed by atoms with Gasteiger partial charge in [-0.1, -0.05) is 19.8 Å². The molecule has 0 spiro atoms. The average molecular weight is 337 g/mol. The maximum Gasteiger partial charge on any atom is 0.317 e. The molecule has 0 bridgehead atoms. The van der Waals surface area contributed by atoms with Gasteiger partial charge in [0.1, 0.15) is 5.82 Å². The van der Waals surface area contributed by atoms with Crippen molar-refractivity contribution in [3.63, 3.8) is 0 Å². The lowest BCUT2D eigenvalue weighted by Crippen LogP contribution is -2.45. The Morgan fingerprint density at radius 2 is 2.00 bits per heavy atom. The van der Waals surface area contributed by atoms with Gasteiger partial charge in [-0.05, 0) is 31.6 Å². The maximum absolute atomic E-state index is 12.5. The number of urea groups is 1. The minimum atomic E-state index is 0.0911. The summed E-state index contributed by atoms with van der Waals surface area (Å²) in [6, 6.07) is 0.0911. The number of carbonyl (C=O) groups excluding carboxylic acids is 1. The standard InChI is InChI=1S/C16H27N5OS/c1-13-18-15(23-19-13)21-9-5-8-20(10-11-21)14(22)17-12-16(2)6-3-4-7-16/h3-12H2,1-2H3,(H,17,22). The Hall–Kier alpha value is -1.37. The fourth-order valence-electron chi connectivity index (χ4n) is 3.53. The Kier molecular flexibility index (Phi) is 5.04. The molecule has 1 N–H and O–H groups in total. The van der Waals surface area contributed by atoms with E-state index in [9.17, 15) is 4.79 Å². The lowest BCUT2D eigenvalue weighted by Gasteiger charge is -2.27. The van der Waals surface area contributed by atoms with Crippen LogP contribution in [0.25, 0.3) is 0 Å². The van der Waals surface area contributed by atoms with Gasteiger partial charge in [-0.25, -0.2) is 9.78 Å². The van der Waals surface area contributed by atoms with E-state index in [4.69, 9.17) is 0 Å². The zero-order valence-electron chi connectivity index (χ0n) is 14.2. The molecule has 7 heteroatoms. The molecule has 0 radical (unpaired) electrons. The number of rotatable bonds is 3. The van der Waals surface area contributed by atoms with Crippen molar-refractivity contribution < 1.29 is 4.79 Å². The van der Waals surface area contributed by atoms with E-state index >= 15 is 0 Å². The van der Waals surface area contributed by atoms with E-state index in [1.165, 1.54) is 37.2 Å². The molecule has 0 aromatic carbocycles. The number of carbonyl (C=O) groups is 1. The SMILES string of the molecule is Cc1nsc(N2CCCN(C(=O)NCC3(C)CCCC3)CC2)n1. The van der Waals surface area contributed by atoms with Gasteiger partial charge in [0.05, 0.1) is 0 Å². The summed E-state index contributed by atoms with van der Waals surface area (Å²) in [7, 11) is 0. The number of aromatic nitrogens is 2. The monoisotopic (exact) mass is 337 g/mol. The molecule has 2 aliphatic rings. The van der Waals surface area contributed by atoms with Gasteiger partial charge < -0.3 is 15.1 Å². The van der Waals surface area contributed by atoms with Crippen LogP contribution in [0.2, 0.25) is 0 Å². The first-order valence-electron chi connectivity index (χ1n) is 8.64. The van der Waals surface area contributed by atoms with Crippen molar-refractivity contribution in [3.8, 4) is 0 Å². The number of amides is 2. The van der Waals surface area contributed by atoms with Crippen molar-refractivity contribution in [2.45, 2.75) is 46.0 Å². The first kappa shape index (κ1) is 16.5. The minimum absolute atomic E-state index is 0.0911. The van der Waals surface area contributed by atoms with Gasteiger partial charge in [-0.3, -0.25) is 0 Å². The van der Waals surface area contributed by atoms with Gasteiger partial charge in [0.15, 0.2) is 0 Å². The number of hydrogen-bond acceptors (Lipinski definition) is 5. The van der Waals surface area contributed by atoms with Crippen molar-refractivity contribution in [3.05, 3.63) is 5.82 Å². The first-order chi connectivity index (χ1) is 11.1. The molecule has 0 atom stereocenters. The third kappa shape index (κ3) is 4.13. The molecular weight excluding hydrogens is 310 g/mol. The lowest BCUT2D eigenvalue weighted by atomic mass is 9.89. The number of aryl methyl sites for hydroxylation is 1. The van der Waals surface area contributed by atoms with E-state index < -0.39 is 0 Å². The van der Waals surface area contributed by atoms with Crippen LogP contribution in [0.1, 0.15) is 44.9 Å². The van der Waals surface area contributed by atoms with E-state index in [0.717, 1.165) is 50.1 Å². The second-order valence-corrected chi connectivity index (χ2v) is 7.86. The van der Waals surface area contributed by atoms with Crippen molar-refractivity contribution in [1.82, 2.24) is 19.6 Å². The molecule has 23 heavy (non-hydrogen) atoms. The minimum Gasteiger partial charge on any atom is -0.345 e. The van der Waals surface area contributed by atoms with Crippen LogP contribution in [0.4, 0.5) is 9.93 Å². The van der Waals surface area contributed by atoms with Crippen LogP contribution in [0.15, 0.2) is 0 Å². The lowest BCUT2D eigenvalue weighted by molar-refractivity contribution is 0.194. The zero-order valence-corrected chi connectivity index (χ0v) is 15.0. The number of anilines is 1. The van der Waals surface area contributed by atoms with E-state index in [0.29, 0.717) is 5.41 Å². The van der Waals surface area contributed by atoms with Gasteiger partial charge >= 0.3 is 6.03 Å². The normalized spacial score (nSPS) is 21.3. The Morgan fingerprint density at radius 3 is 2.70 bits per heavy atom. The second-order valence-electron chi connectivity index (χ2n) is 7.13. The summed E-state index contributed by atoms with van der Waals surface area (Å²) in [6.07, 6.45) is 6.04. The van der Waals surface area contributed by atoms with E-state index in [2.05, 4.69) is 26.5 Å². The Morgan fingerprint density at radius 1 is 1.22 bits per heavy atom. The Balaban J connectivity index is 1.50. The molecular formula is C16H27N5OS. The topological polar surface area (TPSA) is 61.4 Å². The molecule has 3 rings (SSSR count). The van der Waals surface area contributed by atoms with Crippen LogP contribution in [0.3, 0.4) is 0 Å². The summed E-state index contributed by atoms with van der Waals surface area (Å²) in [5.41, 5.74) is 0.303. The quantitative estimate of drug-likeness (QED) is 0.921. The fourth-order valence-corrected chi connectivity index (χ4v) is 4.26. The molecule has 0 unspecified atom stereocenters. The molecule has 1 aromatic heterocycles. The van der Waals surface area contributed by atoms with Gasteiger partial charge in [0.25, 0.3) is 0 Å². The molecule has 6 nitrogen and oxygen atoms in total. The second kappa shape index (κ2) is 7.03. The smallest absolute Gasteiger partial charge is 0.317 e. The summed E-state index contributed by atoms with van der Waals surface area (Å²) in [5, 5.41) is 4.14. The van der Waals surface area contributed by atoms with Crippen molar-refractivity contribution >= 4 is 22.7 Å². The highest BCUT2D eigenvalue weighted by Gasteiger charge is 2.30. The summed E-state index contributed by atoms with van der Waals surface area (Å²) in [4.78, 5) is 21.1. The van der Waals surface area contributed by atoms with Crippen LogP contribution in [-0.2, 0) is 0 Å². The molecule has 1 aromatic rings. The van der Waals surface area contributed by atoms with E-state index in [1.807, 2.05) is 11.8 Å². The molecule has 1 aliphatic carbocycles. The van der Waals surface area contributed by atoms with Crippen molar-refractivity contribution in [2.75, 3.05) is 37.6 Å². The molecule has 1 aliphatic heterocycles. The average Bonchev–Trinajstić information content (AvgIpc) is 3.07. The molecule has 2 heterocycles. The van der Waals surface area contributed by atoms with E-state index in [-0.39, 0.29) is 6.03 Å². The molecule has 1 saturated heterocycles. The molecule has 2 amide bonds. The fraction of sp³-hybridized carbons (Fsp3) is 0.812. The van der Waals surface area contributed by atoms with E-state index in [1.54, 1.807) is 0 Å². The molecule has 1 saturated carbocycles. The third-order valence-corrected chi connectivity index (χ3v) is 5.92. The highest BCUT2D eigenvalue weighted by atomic mass is 32.1.